The summed E-state index contributed by atoms with van der Waals surface area (Å²) in [5, 5.41) is 0. The highest BCUT2D eigenvalue weighted by molar-refractivity contribution is 5.94. The molecule has 0 heterocycles. The van der Waals surface area contributed by atoms with Gasteiger partial charge in [0.15, 0.2) is 0 Å². The molecule has 0 spiro atoms. The van der Waals surface area contributed by atoms with Crippen molar-refractivity contribution >= 4 is 41.8 Å². The SMILES string of the molecule is C=C(C)C(=O)OCCOC(=O)c1ccc(OC(=O)c2ccc(-c3ccc(OC(=O)C(=C)C)cc3)cc2)cc1.C=C(C)C(=O)OCCOc1ccc(OC(=O)c2ccc(-c3ccc(OCCOC(=O)C(=C)C)cc3)cc2)cc1. The molecule has 6 aromatic carbocycles. The van der Waals surface area contributed by atoms with Gasteiger partial charge in [0, 0.05) is 22.3 Å². The molecule has 0 aliphatic carbocycles. The summed E-state index contributed by atoms with van der Waals surface area (Å²) in [4.78, 5) is 82.9. The van der Waals surface area contributed by atoms with Gasteiger partial charge in [-0.3, -0.25) is 0 Å². The number of hydrogen-bond donors (Lipinski definition) is 0. The minimum Gasteiger partial charge on any atom is -0.490 e. The topological polar surface area (TPSA) is 203 Å². The van der Waals surface area contributed by atoms with E-state index < -0.39 is 41.8 Å². The first kappa shape index (κ1) is 58.1. The van der Waals surface area contributed by atoms with E-state index in [1.807, 2.05) is 36.4 Å². The summed E-state index contributed by atoms with van der Waals surface area (Å²) in [6, 6.07) is 40.7. The summed E-state index contributed by atoms with van der Waals surface area (Å²) in [6.07, 6.45) is 0. The number of ether oxygens (including phenoxy) is 9. The zero-order chi connectivity index (χ0) is 55.9. The molecule has 0 aliphatic heterocycles. The quantitative estimate of drug-likeness (QED) is 0.0192. The first-order valence-electron chi connectivity index (χ1n) is 23.7. The maximum atomic E-state index is 12.6. The van der Waals surface area contributed by atoms with Gasteiger partial charge in [-0.15, -0.1) is 0 Å². The van der Waals surface area contributed by atoms with E-state index in [4.69, 9.17) is 42.6 Å². The van der Waals surface area contributed by atoms with Crippen LogP contribution < -0.4 is 23.7 Å². The van der Waals surface area contributed by atoms with Gasteiger partial charge in [-0.1, -0.05) is 74.8 Å². The highest BCUT2D eigenvalue weighted by Crippen LogP contribution is 2.26. The van der Waals surface area contributed by atoms with E-state index in [1.165, 1.54) is 31.2 Å². The van der Waals surface area contributed by atoms with Crippen LogP contribution in [0.3, 0.4) is 0 Å². The van der Waals surface area contributed by atoms with Gasteiger partial charge in [-0.25, -0.2) is 33.6 Å². The van der Waals surface area contributed by atoms with Crippen LogP contribution in [0.5, 0.6) is 28.7 Å². The van der Waals surface area contributed by atoms with Crippen molar-refractivity contribution in [3.63, 3.8) is 0 Å². The molecular weight excluding hydrogens is 989 g/mol. The Morgan fingerprint density at radius 1 is 0.286 bits per heavy atom. The number of esters is 7. The number of carbonyl (C=O) groups is 7. The molecule has 0 aliphatic rings. The van der Waals surface area contributed by atoms with Gasteiger partial charge in [-0.05, 0) is 147 Å². The van der Waals surface area contributed by atoms with Crippen LogP contribution in [0.25, 0.3) is 22.3 Å². The predicted molar refractivity (Wildman–Crippen MR) is 286 cm³/mol. The van der Waals surface area contributed by atoms with Crippen molar-refractivity contribution in [2.45, 2.75) is 27.7 Å². The summed E-state index contributed by atoms with van der Waals surface area (Å²) in [7, 11) is 0. The van der Waals surface area contributed by atoms with Gasteiger partial charge in [0.2, 0.25) is 0 Å². The first-order chi connectivity index (χ1) is 36.9. The summed E-state index contributed by atoms with van der Waals surface area (Å²) in [6.45, 7) is 20.8. The molecule has 6 aromatic rings. The third kappa shape index (κ3) is 19.2. The standard InChI is InChI=1S/C31H30O8.C30H26O8/c1-21(2)29(32)37-19-17-35-26-11-9-24(10-12-26)23-5-7-25(8-6-23)31(34)39-28-15-13-27(14-16-28)36-18-20-38-30(33)22(3)4;1-19(2)27(31)35-17-18-36-29(33)23-11-15-26(16-12-23)38-30(34)24-7-5-21(6-8-24)22-9-13-25(14-10-22)37-28(32)20(3)4/h5-16H,1,3,17-20H2,2,4H3;5-16H,1,3,17-18H2,2,4H3. The van der Waals surface area contributed by atoms with E-state index in [0.717, 1.165) is 22.3 Å². The van der Waals surface area contributed by atoms with Crippen molar-refractivity contribution < 1.29 is 76.2 Å². The maximum Gasteiger partial charge on any atom is 0.343 e. The van der Waals surface area contributed by atoms with Gasteiger partial charge in [0.25, 0.3) is 0 Å². The van der Waals surface area contributed by atoms with Crippen LogP contribution in [-0.2, 0) is 38.1 Å². The molecule has 0 saturated heterocycles. The van der Waals surface area contributed by atoms with Crippen LogP contribution in [0, 0.1) is 0 Å². The number of hydrogen-bond acceptors (Lipinski definition) is 16. The number of rotatable bonds is 23. The zero-order valence-electron chi connectivity index (χ0n) is 43.0. The van der Waals surface area contributed by atoms with Crippen molar-refractivity contribution in [3.05, 3.63) is 211 Å². The fourth-order valence-corrected chi connectivity index (χ4v) is 6.16. The van der Waals surface area contributed by atoms with Crippen molar-refractivity contribution in [2.24, 2.45) is 0 Å². The van der Waals surface area contributed by atoms with Gasteiger partial charge in [0.1, 0.15) is 68.4 Å². The zero-order valence-corrected chi connectivity index (χ0v) is 43.0. The lowest BCUT2D eigenvalue weighted by Crippen LogP contribution is -2.14. The van der Waals surface area contributed by atoms with E-state index in [9.17, 15) is 33.6 Å². The highest BCUT2D eigenvalue weighted by atomic mass is 16.6. The molecule has 6 rings (SSSR count). The van der Waals surface area contributed by atoms with E-state index in [-0.39, 0.29) is 56.5 Å². The monoisotopic (exact) mass is 1040 g/mol. The van der Waals surface area contributed by atoms with Gasteiger partial charge >= 0.3 is 41.8 Å². The minimum atomic E-state index is -0.605. The second kappa shape index (κ2) is 29.2. The minimum absolute atomic E-state index is 0.0812. The molecule has 0 fully saturated rings. The fraction of sp³-hybridized carbons (Fsp3) is 0.164. The number of carbonyl (C=O) groups excluding carboxylic acids is 7. The normalized spacial score (nSPS) is 10.2. The van der Waals surface area contributed by atoms with E-state index >= 15 is 0 Å². The van der Waals surface area contributed by atoms with Crippen molar-refractivity contribution in [2.75, 3.05) is 39.6 Å². The molecule has 0 N–H and O–H groups in total. The van der Waals surface area contributed by atoms with Crippen LogP contribution in [0.15, 0.2) is 194 Å². The van der Waals surface area contributed by atoms with Crippen molar-refractivity contribution in [1.82, 2.24) is 0 Å². The largest absolute Gasteiger partial charge is 0.490 e. The molecule has 0 unspecified atom stereocenters. The fourth-order valence-electron chi connectivity index (χ4n) is 6.16. The summed E-state index contributed by atoms with van der Waals surface area (Å²) < 4.78 is 47.0. The Hall–Kier alpha value is -9.83. The van der Waals surface area contributed by atoms with Crippen LogP contribution in [-0.4, -0.2) is 81.4 Å². The lowest BCUT2D eigenvalue weighted by molar-refractivity contribution is -0.140. The van der Waals surface area contributed by atoms with Crippen LogP contribution in [0.2, 0.25) is 0 Å². The Kier molecular flexibility index (Phi) is 22.0. The molecule has 77 heavy (non-hydrogen) atoms. The van der Waals surface area contributed by atoms with Crippen LogP contribution in [0.4, 0.5) is 0 Å². The lowest BCUT2D eigenvalue weighted by atomic mass is 10.0. The molecule has 0 atom stereocenters. The maximum absolute atomic E-state index is 12.6. The Morgan fingerprint density at radius 2 is 0.532 bits per heavy atom. The second-order valence-corrected chi connectivity index (χ2v) is 16.7. The molecule has 16 nitrogen and oxygen atoms in total. The van der Waals surface area contributed by atoms with Gasteiger partial charge < -0.3 is 42.6 Å². The summed E-state index contributed by atoms with van der Waals surface area (Å²) in [5.41, 5.74) is 5.83. The average Bonchev–Trinajstić information content (AvgIpc) is 3.43. The second-order valence-electron chi connectivity index (χ2n) is 16.7. The molecule has 16 heteroatoms. The van der Waals surface area contributed by atoms with Crippen LogP contribution in [0.1, 0.15) is 58.8 Å². The molecular formula is C61H56O16. The molecule has 0 aromatic heterocycles. The first-order valence-corrected chi connectivity index (χ1v) is 23.7. The van der Waals surface area contributed by atoms with Gasteiger partial charge in [-0.2, -0.15) is 0 Å². The average molecular weight is 1050 g/mol. The Balaban J connectivity index is 0.000000284. The number of benzene rings is 6. The molecule has 0 saturated carbocycles. The highest BCUT2D eigenvalue weighted by Gasteiger charge is 2.14. The Bertz CT molecular complexity index is 3080. The summed E-state index contributed by atoms with van der Waals surface area (Å²) >= 11 is 0. The molecule has 0 bridgehead atoms. The Labute approximate surface area is 445 Å². The third-order valence-corrected chi connectivity index (χ3v) is 10.3. The third-order valence-electron chi connectivity index (χ3n) is 10.3. The Morgan fingerprint density at radius 3 is 0.896 bits per heavy atom. The van der Waals surface area contributed by atoms with E-state index in [0.29, 0.717) is 50.8 Å². The van der Waals surface area contributed by atoms with E-state index in [1.54, 1.807) is 106 Å². The van der Waals surface area contributed by atoms with E-state index in [2.05, 4.69) is 26.3 Å². The molecule has 0 radical (unpaired) electrons. The predicted octanol–water partition coefficient (Wildman–Crippen LogP) is 10.9. The lowest BCUT2D eigenvalue weighted by Gasteiger charge is -2.09. The smallest absolute Gasteiger partial charge is 0.343 e. The molecule has 396 valence electrons. The molecule has 0 amide bonds. The van der Waals surface area contributed by atoms with Gasteiger partial charge in [0.05, 0.1) is 16.7 Å². The van der Waals surface area contributed by atoms with Crippen molar-refractivity contribution in [3.8, 4) is 51.0 Å². The van der Waals surface area contributed by atoms with Crippen LogP contribution >= 0.6 is 0 Å². The summed E-state index contributed by atoms with van der Waals surface area (Å²) in [5.74, 6) is -1.38. The van der Waals surface area contributed by atoms with Crippen molar-refractivity contribution in [1.29, 1.82) is 0 Å².